The van der Waals surface area contributed by atoms with Crippen molar-refractivity contribution in [2.24, 2.45) is 5.73 Å². The van der Waals surface area contributed by atoms with E-state index in [0.29, 0.717) is 51.6 Å². The van der Waals surface area contributed by atoms with Gasteiger partial charge in [-0.3, -0.25) is 14.4 Å². The Morgan fingerprint density at radius 1 is 1.13 bits per heavy atom. The molecule has 2 rings (SSSR count). The molecule has 6 N–H and O–H groups in total. The Morgan fingerprint density at radius 2 is 1.90 bits per heavy atom. The summed E-state index contributed by atoms with van der Waals surface area (Å²) in [6.45, 7) is 1.56. The lowest BCUT2D eigenvalue weighted by Crippen LogP contribution is -2.57. The molecule has 4 atom stereocenters. The highest BCUT2D eigenvalue weighted by atomic mass is 32.1. The zero-order valence-corrected chi connectivity index (χ0v) is 18.0. The lowest BCUT2D eigenvalue weighted by Gasteiger charge is -2.28. The molecule has 0 saturated carbocycles. The number of carbonyl (C=O) groups excluding carboxylic acids is 3. The predicted octanol–water partition coefficient (Wildman–Crippen LogP) is -1.16. The molecule has 3 amide bonds. The molecule has 2 heterocycles. The van der Waals surface area contributed by atoms with Crippen molar-refractivity contribution in [3.8, 4) is 0 Å². The monoisotopic (exact) mass is 443 g/mol. The van der Waals surface area contributed by atoms with Crippen LogP contribution >= 0.6 is 12.6 Å². The van der Waals surface area contributed by atoms with Crippen molar-refractivity contribution in [2.45, 2.75) is 69.1 Å². The fourth-order valence-corrected chi connectivity index (χ4v) is 4.14. The van der Waals surface area contributed by atoms with Crippen molar-refractivity contribution in [2.75, 3.05) is 25.4 Å². The van der Waals surface area contributed by atoms with Gasteiger partial charge < -0.3 is 31.7 Å². The lowest BCUT2D eigenvalue weighted by molar-refractivity contribution is -0.149. The molecule has 30 heavy (non-hydrogen) atoms. The third kappa shape index (κ3) is 6.58. The van der Waals surface area contributed by atoms with Gasteiger partial charge in [0, 0.05) is 12.3 Å². The second kappa shape index (κ2) is 12.1. The minimum absolute atomic E-state index is 0.0788. The molecule has 0 aromatic rings. The predicted molar refractivity (Wildman–Crippen MR) is 114 cm³/mol. The van der Waals surface area contributed by atoms with Gasteiger partial charge >= 0.3 is 5.97 Å². The van der Waals surface area contributed by atoms with E-state index in [4.69, 9.17) is 5.73 Å². The highest BCUT2D eigenvalue weighted by molar-refractivity contribution is 7.80. The van der Waals surface area contributed by atoms with Gasteiger partial charge in [-0.15, -0.1) is 0 Å². The molecule has 2 fully saturated rings. The number of hydrogen-bond donors (Lipinski definition) is 6. The number of thiol groups is 1. The molecule has 0 spiro atoms. The Morgan fingerprint density at radius 3 is 2.50 bits per heavy atom. The second-order valence-corrected chi connectivity index (χ2v) is 8.13. The summed E-state index contributed by atoms with van der Waals surface area (Å²) in [5.41, 5.74) is 5.54. The highest BCUT2D eigenvalue weighted by Crippen LogP contribution is 2.20. The van der Waals surface area contributed by atoms with E-state index >= 15 is 0 Å². The van der Waals surface area contributed by atoms with Crippen molar-refractivity contribution in [1.29, 1.82) is 0 Å². The number of unbranched alkanes of at least 4 members (excludes halogenated alkanes) is 1. The van der Waals surface area contributed by atoms with Crippen LogP contribution in [0.15, 0.2) is 0 Å². The maximum atomic E-state index is 13.0. The first-order valence-corrected chi connectivity index (χ1v) is 11.2. The van der Waals surface area contributed by atoms with Crippen LogP contribution < -0.4 is 21.7 Å². The third-order valence-electron chi connectivity index (χ3n) is 5.57. The minimum atomic E-state index is -1.04. The minimum Gasteiger partial charge on any atom is -0.480 e. The molecule has 2 aliphatic heterocycles. The SMILES string of the molecule is NCCCCC(NC(=O)C(CS)NC(=O)C1CCCN1)C(=O)N1CCCC1C(=O)O. The third-order valence-corrected chi connectivity index (χ3v) is 5.94. The molecule has 0 radical (unpaired) electrons. The first-order valence-electron chi connectivity index (χ1n) is 10.6. The number of rotatable bonds is 11. The Labute approximate surface area is 182 Å². The van der Waals surface area contributed by atoms with Crippen molar-refractivity contribution in [3.05, 3.63) is 0 Å². The van der Waals surface area contributed by atoms with Crippen LogP contribution in [-0.4, -0.2) is 83.3 Å². The van der Waals surface area contributed by atoms with Crippen molar-refractivity contribution in [1.82, 2.24) is 20.9 Å². The summed E-state index contributed by atoms with van der Waals surface area (Å²) in [5, 5.41) is 17.9. The number of likely N-dealkylation sites (tertiary alicyclic amines) is 1. The van der Waals surface area contributed by atoms with E-state index in [1.54, 1.807) is 0 Å². The lowest BCUT2D eigenvalue weighted by atomic mass is 10.1. The van der Waals surface area contributed by atoms with E-state index in [0.717, 1.165) is 13.0 Å². The Balaban J connectivity index is 2.03. The summed E-state index contributed by atoms with van der Waals surface area (Å²) in [7, 11) is 0. The van der Waals surface area contributed by atoms with Crippen molar-refractivity contribution >= 4 is 36.3 Å². The zero-order valence-electron chi connectivity index (χ0n) is 17.1. The van der Waals surface area contributed by atoms with Gasteiger partial charge in [-0.25, -0.2) is 4.79 Å². The Kier molecular flexibility index (Phi) is 9.86. The molecule has 2 saturated heterocycles. The van der Waals surface area contributed by atoms with E-state index in [-0.39, 0.29) is 17.7 Å². The first kappa shape index (κ1) is 24.4. The topological polar surface area (TPSA) is 154 Å². The van der Waals surface area contributed by atoms with E-state index in [9.17, 15) is 24.3 Å². The Hall–Kier alpha value is -1.85. The van der Waals surface area contributed by atoms with Crippen LogP contribution in [0.3, 0.4) is 0 Å². The number of nitrogens with two attached hydrogens (primary N) is 1. The van der Waals surface area contributed by atoms with Gasteiger partial charge in [0.25, 0.3) is 0 Å². The van der Waals surface area contributed by atoms with Crippen LogP contribution in [-0.2, 0) is 19.2 Å². The number of aliphatic carboxylic acids is 1. The second-order valence-electron chi connectivity index (χ2n) is 7.77. The molecule has 10 nitrogen and oxygen atoms in total. The molecule has 11 heteroatoms. The molecule has 170 valence electrons. The van der Waals surface area contributed by atoms with Gasteiger partial charge in [0.2, 0.25) is 17.7 Å². The highest BCUT2D eigenvalue weighted by Gasteiger charge is 2.38. The molecule has 0 aliphatic carbocycles. The number of amides is 3. The Bertz CT molecular complexity index is 628. The van der Waals surface area contributed by atoms with E-state index in [2.05, 4.69) is 28.6 Å². The average molecular weight is 444 g/mol. The quantitative estimate of drug-likeness (QED) is 0.174. The van der Waals surface area contributed by atoms with Gasteiger partial charge in [0.1, 0.15) is 18.1 Å². The molecule has 2 aliphatic rings. The molecule has 0 aromatic carbocycles. The smallest absolute Gasteiger partial charge is 0.326 e. The number of carbonyl (C=O) groups is 4. The maximum absolute atomic E-state index is 13.0. The summed E-state index contributed by atoms with van der Waals surface area (Å²) in [6, 6.07) is -2.96. The van der Waals surface area contributed by atoms with Crippen LogP contribution in [0, 0.1) is 0 Å². The van der Waals surface area contributed by atoms with Crippen molar-refractivity contribution in [3.63, 3.8) is 0 Å². The van der Waals surface area contributed by atoms with E-state index < -0.39 is 35.9 Å². The number of carboxylic acids is 1. The summed E-state index contributed by atoms with van der Waals surface area (Å²) < 4.78 is 0. The summed E-state index contributed by atoms with van der Waals surface area (Å²) >= 11 is 4.18. The summed E-state index contributed by atoms with van der Waals surface area (Å²) in [6.07, 6.45) is 4.25. The fourth-order valence-electron chi connectivity index (χ4n) is 3.88. The van der Waals surface area contributed by atoms with Gasteiger partial charge in [-0.1, -0.05) is 0 Å². The van der Waals surface area contributed by atoms with Gasteiger partial charge in [-0.05, 0) is 58.0 Å². The maximum Gasteiger partial charge on any atom is 0.326 e. The van der Waals surface area contributed by atoms with Crippen molar-refractivity contribution < 1.29 is 24.3 Å². The normalized spacial score (nSPS) is 23.1. The molecule has 0 bridgehead atoms. The number of hydrogen-bond acceptors (Lipinski definition) is 7. The molecular formula is C19H33N5O5S. The van der Waals surface area contributed by atoms with Gasteiger partial charge in [0.05, 0.1) is 6.04 Å². The van der Waals surface area contributed by atoms with E-state index in [1.165, 1.54) is 4.90 Å². The van der Waals surface area contributed by atoms with Crippen LogP contribution in [0.4, 0.5) is 0 Å². The van der Waals surface area contributed by atoms with Crippen LogP contribution in [0.5, 0.6) is 0 Å². The molecular weight excluding hydrogens is 410 g/mol. The molecule has 0 aromatic heterocycles. The zero-order chi connectivity index (χ0) is 22.1. The van der Waals surface area contributed by atoms with Gasteiger partial charge in [-0.2, -0.15) is 12.6 Å². The summed E-state index contributed by atoms with van der Waals surface area (Å²) in [5.74, 6) is -2.15. The first-order chi connectivity index (χ1) is 14.4. The summed E-state index contributed by atoms with van der Waals surface area (Å²) in [4.78, 5) is 51.0. The number of nitrogens with one attached hydrogen (secondary N) is 3. The molecule has 4 unspecified atom stereocenters. The largest absolute Gasteiger partial charge is 0.480 e. The van der Waals surface area contributed by atoms with E-state index in [1.807, 2.05) is 0 Å². The number of carboxylic acid groups (broad SMARTS) is 1. The number of nitrogens with zero attached hydrogens (tertiary/aromatic N) is 1. The van der Waals surface area contributed by atoms with Crippen LogP contribution in [0.1, 0.15) is 44.9 Å². The fraction of sp³-hybridized carbons (Fsp3) is 0.789. The average Bonchev–Trinajstić information content (AvgIpc) is 3.42. The standard InChI is InChI=1S/C19H33N5O5S/c20-8-2-1-5-13(18(27)24-10-4-7-15(24)19(28)29)22-17(26)14(11-30)23-16(25)12-6-3-9-21-12/h12-15,21,30H,1-11,20H2,(H,22,26)(H,23,25)(H,28,29). The van der Waals surface area contributed by atoms with Gasteiger partial charge in [0.15, 0.2) is 0 Å². The van der Waals surface area contributed by atoms with Crippen LogP contribution in [0.25, 0.3) is 0 Å². The van der Waals surface area contributed by atoms with Crippen LogP contribution in [0.2, 0.25) is 0 Å².